The van der Waals surface area contributed by atoms with Gasteiger partial charge >= 0.3 is 11.9 Å². The number of aryl methyl sites for hydroxylation is 2. The molecule has 0 aliphatic carbocycles. The van der Waals surface area contributed by atoms with Gasteiger partial charge in [-0.05, 0) is 67.9 Å². The number of H-pyrrole nitrogens is 2. The lowest BCUT2D eigenvalue weighted by Crippen LogP contribution is -2.25. The fourth-order valence-corrected chi connectivity index (χ4v) is 5.23. The molecule has 2 aromatic heterocycles. The molecule has 0 saturated heterocycles. The van der Waals surface area contributed by atoms with Gasteiger partial charge in [0.1, 0.15) is 0 Å². The molecule has 4 N–H and O–H groups in total. The predicted molar refractivity (Wildman–Crippen MR) is 157 cm³/mol. The van der Waals surface area contributed by atoms with Gasteiger partial charge in [0.05, 0.1) is 47.8 Å². The average Bonchev–Trinajstić information content (AvgIpc) is 3.47. The van der Waals surface area contributed by atoms with Crippen LogP contribution in [0.25, 0.3) is 11.4 Å². The van der Waals surface area contributed by atoms with Crippen molar-refractivity contribution in [3.8, 4) is 22.9 Å². The molecule has 0 unspecified atom stereocenters. The van der Waals surface area contributed by atoms with Crippen molar-refractivity contribution in [1.29, 1.82) is 0 Å². The van der Waals surface area contributed by atoms with Crippen LogP contribution in [-0.4, -0.2) is 55.9 Å². The Morgan fingerprint density at radius 1 is 0.698 bits per heavy atom. The highest BCUT2D eigenvalue weighted by Gasteiger charge is 2.31. The van der Waals surface area contributed by atoms with E-state index in [0.717, 1.165) is 0 Å². The van der Waals surface area contributed by atoms with Gasteiger partial charge < -0.3 is 19.7 Å². The molecule has 0 fully saturated rings. The largest absolute Gasteiger partial charge is 0.493 e. The molecule has 3 aromatic carbocycles. The summed E-state index contributed by atoms with van der Waals surface area (Å²) in [5, 5.41) is 25.0. The number of nitrogens with zero attached hydrogens (tertiary/aromatic N) is 2. The Labute approximate surface area is 244 Å². The van der Waals surface area contributed by atoms with Crippen LogP contribution < -0.4 is 20.6 Å². The number of rotatable bonds is 9. The number of benzene rings is 3. The number of hydrogen-bond donors (Lipinski definition) is 4. The Morgan fingerprint density at radius 3 is 1.58 bits per heavy atom. The van der Waals surface area contributed by atoms with Crippen LogP contribution in [0.2, 0.25) is 0 Å². The smallest absolute Gasteiger partial charge is 0.335 e. The molecule has 5 aromatic rings. The molecule has 0 spiro atoms. The van der Waals surface area contributed by atoms with E-state index in [-0.39, 0.29) is 22.3 Å². The van der Waals surface area contributed by atoms with Crippen LogP contribution in [0.5, 0.6) is 11.5 Å². The van der Waals surface area contributed by atoms with Crippen LogP contribution in [0.4, 0.5) is 0 Å². The molecule has 43 heavy (non-hydrogen) atoms. The van der Waals surface area contributed by atoms with Crippen molar-refractivity contribution in [2.45, 2.75) is 19.8 Å². The van der Waals surface area contributed by atoms with Crippen LogP contribution in [0.3, 0.4) is 0 Å². The Balaban J connectivity index is 1.78. The first-order chi connectivity index (χ1) is 20.5. The molecular weight excluding hydrogens is 556 g/mol. The maximum atomic E-state index is 14.1. The molecule has 0 aliphatic heterocycles. The standard InChI is InChI=1S/C31H28N4O8/c1-16-25(28(36)34(32-16)21-9-5-7-19(13-21)30(38)39)27(18-11-12-23(42-3)24(15-18)43-4)26-17(2)33-35(29(26)37)22-10-6-8-20(14-22)31(40)41/h5-15,27,32-33H,1-4H3,(H,38,39)(H,40,41). The molecular formula is C31H28N4O8. The third-order valence-corrected chi connectivity index (χ3v) is 7.25. The van der Waals surface area contributed by atoms with Crippen LogP contribution in [0.15, 0.2) is 76.3 Å². The molecule has 0 bridgehead atoms. The number of carboxylic acid groups (broad SMARTS) is 2. The summed E-state index contributed by atoms with van der Waals surface area (Å²) >= 11 is 0. The van der Waals surface area contributed by atoms with Gasteiger partial charge in [-0.3, -0.25) is 19.8 Å². The third kappa shape index (κ3) is 5.10. The fraction of sp³-hybridized carbons (Fsp3) is 0.161. The lowest BCUT2D eigenvalue weighted by Gasteiger charge is -2.18. The molecule has 12 nitrogen and oxygen atoms in total. The number of ether oxygens (including phenoxy) is 2. The van der Waals surface area contributed by atoms with Gasteiger partial charge in [-0.1, -0.05) is 18.2 Å². The van der Waals surface area contributed by atoms with E-state index >= 15 is 0 Å². The molecule has 12 heteroatoms. The first-order valence-corrected chi connectivity index (χ1v) is 13.1. The van der Waals surface area contributed by atoms with Gasteiger partial charge in [0.15, 0.2) is 11.5 Å². The molecule has 220 valence electrons. The van der Waals surface area contributed by atoms with Crippen molar-refractivity contribution in [3.05, 3.63) is 127 Å². The monoisotopic (exact) mass is 584 g/mol. The molecule has 0 amide bonds. The number of carboxylic acids is 2. The van der Waals surface area contributed by atoms with E-state index in [2.05, 4.69) is 10.2 Å². The van der Waals surface area contributed by atoms with E-state index in [0.29, 0.717) is 39.8 Å². The van der Waals surface area contributed by atoms with E-state index in [4.69, 9.17) is 9.47 Å². The lowest BCUT2D eigenvalue weighted by molar-refractivity contribution is 0.0686. The maximum Gasteiger partial charge on any atom is 0.335 e. The summed E-state index contributed by atoms with van der Waals surface area (Å²) in [5.41, 5.74) is 1.59. The summed E-state index contributed by atoms with van der Waals surface area (Å²) in [4.78, 5) is 51.4. The van der Waals surface area contributed by atoms with Crippen molar-refractivity contribution in [2.24, 2.45) is 0 Å². The maximum absolute atomic E-state index is 14.1. The molecule has 5 rings (SSSR count). The predicted octanol–water partition coefficient (Wildman–Crippen LogP) is 3.86. The van der Waals surface area contributed by atoms with Gasteiger partial charge in [0.25, 0.3) is 11.1 Å². The summed E-state index contributed by atoms with van der Waals surface area (Å²) < 4.78 is 13.4. The molecule has 2 heterocycles. The summed E-state index contributed by atoms with van der Waals surface area (Å²) in [7, 11) is 2.97. The van der Waals surface area contributed by atoms with E-state index in [1.807, 2.05) is 0 Å². The zero-order valence-electron chi connectivity index (χ0n) is 23.7. The van der Waals surface area contributed by atoms with Crippen molar-refractivity contribution < 1.29 is 29.3 Å². The summed E-state index contributed by atoms with van der Waals surface area (Å²) in [6.07, 6.45) is 0. The Bertz CT molecular complexity index is 1880. The Morgan fingerprint density at radius 2 is 1.16 bits per heavy atom. The average molecular weight is 585 g/mol. The number of aromatic carboxylic acids is 2. The Kier molecular flexibility index (Phi) is 7.51. The summed E-state index contributed by atoms with van der Waals surface area (Å²) in [6, 6.07) is 17.0. The second kappa shape index (κ2) is 11.2. The fourth-order valence-electron chi connectivity index (χ4n) is 5.23. The first-order valence-electron chi connectivity index (χ1n) is 13.1. The minimum absolute atomic E-state index is 0.00241. The van der Waals surface area contributed by atoms with Crippen molar-refractivity contribution in [2.75, 3.05) is 14.2 Å². The SMILES string of the molecule is COc1ccc(C(c2c(C)[nH]n(-c3cccc(C(=O)O)c3)c2=O)c2c(C)[nH]n(-c3cccc(C(=O)O)c3)c2=O)cc1OC. The first kappa shape index (κ1) is 28.7. The van der Waals surface area contributed by atoms with Gasteiger partial charge in [-0.2, -0.15) is 0 Å². The molecule has 0 atom stereocenters. The van der Waals surface area contributed by atoms with Crippen molar-refractivity contribution in [1.82, 2.24) is 19.6 Å². The van der Waals surface area contributed by atoms with Crippen LogP contribution in [0.1, 0.15) is 54.7 Å². The summed E-state index contributed by atoms with van der Waals surface area (Å²) in [5.74, 6) is -2.36. The molecule has 0 saturated carbocycles. The number of nitrogens with one attached hydrogen (secondary N) is 2. The minimum atomic E-state index is -1.14. The zero-order valence-corrected chi connectivity index (χ0v) is 23.7. The van der Waals surface area contributed by atoms with E-state index in [1.54, 1.807) is 44.2 Å². The van der Waals surface area contributed by atoms with E-state index < -0.39 is 29.0 Å². The van der Waals surface area contributed by atoms with E-state index in [9.17, 15) is 29.4 Å². The molecule has 0 radical (unpaired) electrons. The summed E-state index contributed by atoms with van der Waals surface area (Å²) in [6.45, 7) is 3.39. The third-order valence-electron chi connectivity index (χ3n) is 7.25. The van der Waals surface area contributed by atoms with Crippen LogP contribution in [0, 0.1) is 13.8 Å². The number of carbonyl (C=O) groups is 2. The second-order valence-corrected chi connectivity index (χ2v) is 9.84. The van der Waals surface area contributed by atoms with Gasteiger partial charge in [0, 0.05) is 17.3 Å². The second-order valence-electron chi connectivity index (χ2n) is 9.84. The van der Waals surface area contributed by atoms with Gasteiger partial charge in [-0.25, -0.2) is 19.0 Å². The van der Waals surface area contributed by atoms with E-state index in [1.165, 1.54) is 60.0 Å². The van der Waals surface area contributed by atoms with Crippen LogP contribution >= 0.6 is 0 Å². The van der Waals surface area contributed by atoms with Gasteiger partial charge in [0.2, 0.25) is 0 Å². The van der Waals surface area contributed by atoms with Crippen LogP contribution in [-0.2, 0) is 0 Å². The minimum Gasteiger partial charge on any atom is -0.493 e. The highest BCUT2D eigenvalue weighted by molar-refractivity contribution is 5.88. The zero-order chi connectivity index (χ0) is 31.0. The lowest BCUT2D eigenvalue weighted by atomic mass is 9.85. The number of methoxy groups -OCH3 is 2. The molecule has 0 aliphatic rings. The highest BCUT2D eigenvalue weighted by Crippen LogP contribution is 2.37. The number of aromatic amines is 2. The van der Waals surface area contributed by atoms with Crippen molar-refractivity contribution in [3.63, 3.8) is 0 Å². The quantitative estimate of drug-likeness (QED) is 0.203. The number of aromatic nitrogens is 4. The Hall–Kier alpha value is -5.78. The topological polar surface area (TPSA) is 169 Å². The van der Waals surface area contributed by atoms with Gasteiger partial charge in [-0.15, -0.1) is 0 Å². The van der Waals surface area contributed by atoms with Crippen molar-refractivity contribution >= 4 is 11.9 Å². The normalized spacial score (nSPS) is 11.1. The highest BCUT2D eigenvalue weighted by atomic mass is 16.5. The number of hydrogen-bond acceptors (Lipinski definition) is 6.